The van der Waals surface area contributed by atoms with Crippen LogP contribution in [0.2, 0.25) is 0 Å². The molecule has 0 heterocycles. The average Bonchev–Trinajstić information content (AvgIpc) is 2.51. The first-order valence-corrected chi connectivity index (χ1v) is 6.73. The number of rotatable bonds is 4. The predicted molar refractivity (Wildman–Crippen MR) is 77.6 cm³/mol. The van der Waals surface area contributed by atoms with Crippen LogP contribution in [0.5, 0.6) is 0 Å². The number of aryl methyl sites for hydroxylation is 1. The van der Waals surface area contributed by atoms with Gasteiger partial charge in [0.2, 0.25) is 0 Å². The lowest BCUT2D eigenvalue weighted by molar-refractivity contribution is -0.138. The second-order valence-electron chi connectivity index (χ2n) is 4.96. The van der Waals surface area contributed by atoms with E-state index in [9.17, 15) is 18.0 Å². The van der Waals surface area contributed by atoms with Gasteiger partial charge in [-0.3, -0.25) is 4.79 Å². The minimum Gasteiger partial charge on any atom is -0.481 e. The SMILES string of the molecule is N#Cc1cccc(-c2cc(C(F)(F)F)ccc2CCC(=O)O)c1. The summed E-state index contributed by atoms with van der Waals surface area (Å²) in [5.74, 6) is -1.03. The van der Waals surface area contributed by atoms with Gasteiger partial charge in [-0.2, -0.15) is 18.4 Å². The Morgan fingerprint density at radius 3 is 2.52 bits per heavy atom. The molecule has 0 saturated heterocycles. The number of carbonyl (C=O) groups is 1. The van der Waals surface area contributed by atoms with Crippen molar-refractivity contribution in [2.45, 2.75) is 19.0 Å². The number of hydrogen-bond donors (Lipinski definition) is 1. The van der Waals surface area contributed by atoms with E-state index < -0.39 is 17.7 Å². The van der Waals surface area contributed by atoms with E-state index in [4.69, 9.17) is 10.4 Å². The molecule has 23 heavy (non-hydrogen) atoms. The highest BCUT2D eigenvalue weighted by molar-refractivity contribution is 5.72. The fraction of sp³-hybridized carbons (Fsp3) is 0.176. The lowest BCUT2D eigenvalue weighted by Gasteiger charge is -2.14. The third-order valence-electron chi connectivity index (χ3n) is 3.35. The molecular formula is C17H12F3NO2. The number of benzene rings is 2. The Bertz CT molecular complexity index is 776. The zero-order chi connectivity index (χ0) is 17.0. The number of aliphatic carboxylic acids is 1. The summed E-state index contributed by atoms with van der Waals surface area (Å²) >= 11 is 0. The Hall–Kier alpha value is -2.81. The van der Waals surface area contributed by atoms with E-state index in [1.54, 1.807) is 18.2 Å². The Morgan fingerprint density at radius 1 is 1.17 bits per heavy atom. The summed E-state index contributed by atoms with van der Waals surface area (Å²) in [6.07, 6.45) is -4.57. The molecule has 0 radical (unpaired) electrons. The molecule has 0 atom stereocenters. The molecule has 0 saturated carbocycles. The van der Waals surface area contributed by atoms with E-state index in [1.165, 1.54) is 12.1 Å². The summed E-state index contributed by atoms with van der Waals surface area (Å²) < 4.78 is 38.8. The monoisotopic (exact) mass is 319 g/mol. The number of carboxylic acid groups (broad SMARTS) is 1. The van der Waals surface area contributed by atoms with Gasteiger partial charge in [0.05, 0.1) is 17.2 Å². The van der Waals surface area contributed by atoms with Crippen LogP contribution in [0.1, 0.15) is 23.1 Å². The number of alkyl halides is 3. The smallest absolute Gasteiger partial charge is 0.416 e. The van der Waals surface area contributed by atoms with Crippen LogP contribution >= 0.6 is 0 Å². The molecule has 2 aromatic rings. The highest BCUT2D eigenvalue weighted by Crippen LogP contribution is 2.34. The zero-order valence-electron chi connectivity index (χ0n) is 11.9. The molecule has 1 N–H and O–H groups in total. The zero-order valence-corrected chi connectivity index (χ0v) is 11.9. The van der Waals surface area contributed by atoms with Gasteiger partial charge in [0.25, 0.3) is 0 Å². The van der Waals surface area contributed by atoms with Crippen molar-refractivity contribution in [2.24, 2.45) is 0 Å². The molecule has 3 nitrogen and oxygen atoms in total. The molecule has 0 unspecified atom stereocenters. The summed E-state index contributed by atoms with van der Waals surface area (Å²) in [4.78, 5) is 10.7. The van der Waals surface area contributed by atoms with Crippen molar-refractivity contribution >= 4 is 5.97 Å². The minimum atomic E-state index is -4.49. The van der Waals surface area contributed by atoms with Crippen LogP contribution in [0.4, 0.5) is 13.2 Å². The molecule has 0 amide bonds. The van der Waals surface area contributed by atoms with Crippen molar-refractivity contribution in [1.29, 1.82) is 5.26 Å². The highest BCUT2D eigenvalue weighted by Gasteiger charge is 2.31. The normalized spacial score (nSPS) is 11.0. The molecular weight excluding hydrogens is 307 g/mol. The van der Waals surface area contributed by atoms with E-state index in [0.29, 0.717) is 16.7 Å². The number of hydrogen-bond acceptors (Lipinski definition) is 2. The van der Waals surface area contributed by atoms with Crippen LogP contribution in [-0.4, -0.2) is 11.1 Å². The first-order chi connectivity index (χ1) is 10.8. The summed E-state index contributed by atoms with van der Waals surface area (Å²) in [5, 5.41) is 17.7. The van der Waals surface area contributed by atoms with Crippen LogP contribution in [0.15, 0.2) is 42.5 Å². The Morgan fingerprint density at radius 2 is 1.91 bits per heavy atom. The van der Waals surface area contributed by atoms with Gasteiger partial charge in [-0.15, -0.1) is 0 Å². The summed E-state index contributed by atoms with van der Waals surface area (Å²) in [5.41, 5.74) is 0.752. The van der Waals surface area contributed by atoms with Gasteiger partial charge in [0, 0.05) is 6.42 Å². The lowest BCUT2D eigenvalue weighted by Crippen LogP contribution is -2.06. The Balaban J connectivity index is 2.55. The van der Waals surface area contributed by atoms with Crippen LogP contribution in [0, 0.1) is 11.3 Å². The molecule has 2 rings (SSSR count). The van der Waals surface area contributed by atoms with Gasteiger partial charge >= 0.3 is 12.1 Å². The first-order valence-electron chi connectivity index (χ1n) is 6.73. The number of nitriles is 1. The second-order valence-corrected chi connectivity index (χ2v) is 4.96. The van der Waals surface area contributed by atoms with Gasteiger partial charge < -0.3 is 5.11 Å². The maximum Gasteiger partial charge on any atom is 0.416 e. The maximum absolute atomic E-state index is 12.9. The van der Waals surface area contributed by atoms with E-state index >= 15 is 0 Å². The molecule has 0 aromatic heterocycles. The average molecular weight is 319 g/mol. The largest absolute Gasteiger partial charge is 0.481 e. The molecule has 2 aromatic carbocycles. The molecule has 0 aliphatic rings. The lowest BCUT2D eigenvalue weighted by atomic mass is 9.93. The summed E-state index contributed by atoms with van der Waals surface area (Å²) in [6.45, 7) is 0. The molecule has 0 fully saturated rings. The second kappa shape index (κ2) is 6.53. The fourth-order valence-corrected chi connectivity index (χ4v) is 2.24. The van der Waals surface area contributed by atoms with Crippen molar-refractivity contribution < 1.29 is 23.1 Å². The van der Waals surface area contributed by atoms with E-state index in [-0.39, 0.29) is 18.4 Å². The van der Waals surface area contributed by atoms with Crippen LogP contribution in [0.3, 0.4) is 0 Å². The standard InChI is InChI=1S/C17H12F3NO2/c18-17(19,20)14-6-4-12(5-7-16(22)23)15(9-14)13-3-1-2-11(8-13)10-21/h1-4,6,8-9H,5,7H2,(H,22,23). The Labute approximate surface area is 130 Å². The molecule has 0 bridgehead atoms. The molecule has 0 spiro atoms. The quantitative estimate of drug-likeness (QED) is 0.916. The third-order valence-corrected chi connectivity index (χ3v) is 3.35. The van der Waals surface area contributed by atoms with Gasteiger partial charge in [0.15, 0.2) is 0 Å². The van der Waals surface area contributed by atoms with Gasteiger partial charge in [-0.1, -0.05) is 18.2 Å². The van der Waals surface area contributed by atoms with E-state index in [1.807, 2.05) is 6.07 Å². The third kappa shape index (κ3) is 4.10. The van der Waals surface area contributed by atoms with Gasteiger partial charge in [-0.25, -0.2) is 0 Å². The topological polar surface area (TPSA) is 61.1 Å². The van der Waals surface area contributed by atoms with E-state index in [2.05, 4.69) is 0 Å². The number of carboxylic acids is 1. The van der Waals surface area contributed by atoms with Crippen molar-refractivity contribution in [3.63, 3.8) is 0 Å². The number of nitrogens with zero attached hydrogens (tertiary/aromatic N) is 1. The van der Waals surface area contributed by atoms with Crippen molar-refractivity contribution in [1.82, 2.24) is 0 Å². The van der Waals surface area contributed by atoms with Crippen LogP contribution in [0.25, 0.3) is 11.1 Å². The van der Waals surface area contributed by atoms with Crippen LogP contribution < -0.4 is 0 Å². The molecule has 118 valence electrons. The van der Waals surface area contributed by atoms with Crippen molar-refractivity contribution in [3.8, 4) is 17.2 Å². The van der Waals surface area contributed by atoms with Gasteiger partial charge in [0.1, 0.15) is 0 Å². The fourth-order valence-electron chi connectivity index (χ4n) is 2.24. The van der Waals surface area contributed by atoms with Crippen molar-refractivity contribution in [2.75, 3.05) is 0 Å². The summed E-state index contributed by atoms with van der Waals surface area (Å²) in [6, 6.07) is 11.4. The highest BCUT2D eigenvalue weighted by atomic mass is 19.4. The summed E-state index contributed by atoms with van der Waals surface area (Å²) in [7, 11) is 0. The molecule has 6 heteroatoms. The van der Waals surface area contributed by atoms with Gasteiger partial charge in [-0.05, 0) is 47.4 Å². The molecule has 0 aliphatic heterocycles. The maximum atomic E-state index is 12.9. The minimum absolute atomic E-state index is 0.111. The number of halogens is 3. The molecule has 0 aliphatic carbocycles. The van der Waals surface area contributed by atoms with Crippen LogP contribution in [-0.2, 0) is 17.4 Å². The predicted octanol–water partition coefficient (Wildman–Crippen LogP) is 4.26. The Kier molecular flexibility index (Phi) is 4.70. The van der Waals surface area contributed by atoms with Crippen molar-refractivity contribution in [3.05, 3.63) is 59.2 Å². The van der Waals surface area contributed by atoms with E-state index in [0.717, 1.165) is 12.1 Å². The first kappa shape index (κ1) is 16.6.